The van der Waals surface area contributed by atoms with Gasteiger partial charge in [0.2, 0.25) is 0 Å². The van der Waals surface area contributed by atoms with Gasteiger partial charge < -0.3 is 15.0 Å². The van der Waals surface area contributed by atoms with Gasteiger partial charge in [-0.3, -0.25) is 4.79 Å². The Morgan fingerprint density at radius 1 is 1.42 bits per heavy atom. The molecule has 0 saturated heterocycles. The number of ether oxygens (including phenoxy) is 1. The van der Waals surface area contributed by atoms with Gasteiger partial charge in [-0.05, 0) is 30.4 Å². The lowest BCUT2D eigenvalue weighted by Gasteiger charge is -2.28. The smallest absolute Gasteiger partial charge is 0.336 e. The Kier molecular flexibility index (Phi) is 5.13. The van der Waals surface area contributed by atoms with Crippen molar-refractivity contribution in [3.05, 3.63) is 62.8 Å². The highest BCUT2D eigenvalue weighted by atomic mass is 32.2. The van der Waals surface area contributed by atoms with E-state index >= 15 is 0 Å². The molecule has 0 radical (unpaired) electrons. The molecule has 1 aromatic carbocycles. The largest absolute Gasteiger partial charge is 0.466 e. The Morgan fingerprint density at radius 2 is 2.19 bits per heavy atom. The van der Waals surface area contributed by atoms with Gasteiger partial charge in [0.15, 0.2) is 5.16 Å². The van der Waals surface area contributed by atoms with Crippen LogP contribution in [0.5, 0.6) is 0 Å². The molecule has 2 heterocycles. The summed E-state index contributed by atoms with van der Waals surface area (Å²) in [7, 11) is 1.27. The number of halogens is 1. The van der Waals surface area contributed by atoms with Gasteiger partial charge in [-0.25, -0.2) is 14.2 Å². The topological polar surface area (TPSA) is 84.1 Å². The van der Waals surface area contributed by atoms with Crippen LogP contribution in [0.1, 0.15) is 30.9 Å². The van der Waals surface area contributed by atoms with Gasteiger partial charge in [0, 0.05) is 5.70 Å². The molecule has 6 nitrogen and oxygen atoms in total. The second kappa shape index (κ2) is 7.33. The molecule has 2 aromatic rings. The standard InChI is InChI=1S/C18H18FN3O3S/c1-4-26-18-21-15-14(16(23)22-18)13(10-6-5-7-11(19)8-10)12(9(2)20-15)17(24)25-3/h5-8,13H,4H2,1-3H3,(H2,20,21,22,23). The van der Waals surface area contributed by atoms with Gasteiger partial charge in [0.1, 0.15) is 11.6 Å². The molecule has 1 atom stereocenters. The molecule has 0 spiro atoms. The van der Waals surface area contributed by atoms with Crippen LogP contribution in [0.15, 0.2) is 45.5 Å². The van der Waals surface area contributed by atoms with Crippen molar-refractivity contribution in [2.75, 3.05) is 18.2 Å². The number of methoxy groups -OCH3 is 1. The Morgan fingerprint density at radius 3 is 2.85 bits per heavy atom. The fourth-order valence-corrected chi connectivity index (χ4v) is 3.63. The molecule has 0 saturated carbocycles. The van der Waals surface area contributed by atoms with Crippen LogP contribution in [0.2, 0.25) is 0 Å². The third-order valence-electron chi connectivity index (χ3n) is 4.09. The average molecular weight is 375 g/mol. The highest BCUT2D eigenvalue weighted by Gasteiger charge is 2.36. The van der Waals surface area contributed by atoms with E-state index < -0.39 is 17.7 Å². The first-order chi connectivity index (χ1) is 12.5. The van der Waals surface area contributed by atoms with E-state index in [4.69, 9.17) is 4.74 Å². The molecule has 136 valence electrons. The number of thioether (sulfide) groups is 1. The number of hydrogen-bond donors (Lipinski definition) is 2. The summed E-state index contributed by atoms with van der Waals surface area (Å²) in [5.74, 6) is -0.694. The summed E-state index contributed by atoms with van der Waals surface area (Å²) < 4.78 is 18.7. The van der Waals surface area contributed by atoms with Crippen LogP contribution in [-0.4, -0.2) is 28.8 Å². The van der Waals surface area contributed by atoms with Crippen LogP contribution < -0.4 is 10.9 Å². The van der Waals surface area contributed by atoms with E-state index in [1.165, 1.54) is 31.0 Å². The van der Waals surface area contributed by atoms with Gasteiger partial charge >= 0.3 is 5.97 Å². The summed E-state index contributed by atoms with van der Waals surface area (Å²) in [6.07, 6.45) is 0. The van der Waals surface area contributed by atoms with Crippen molar-refractivity contribution in [3.63, 3.8) is 0 Å². The van der Waals surface area contributed by atoms with Crippen LogP contribution in [0, 0.1) is 5.82 Å². The number of aromatic nitrogens is 2. The normalized spacial score (nSPS) is 16.1. The highest BCUT2D eigenvalue weighted by molar-refractivity contribution is 7.99. The minimum atomic E-state index is -0.772. The van der Waals surface area contributed by atoms with Crippen LogP contribution in [-0.2, 0) is 9.53 Å². The Balaban J connectivity index is 2.27. The number of aromatic amines is 1. The van der Waals surface area contributed by atoms with Crippen LogP contribution >= 0.6 is 11.8 Å². The summed E-state index contributed by atoms with van der Waals surface area (Å²) in [6, 6.07) is 5.83. The lowest BCUT2D eigenvalue weighted by molar-refractivity contribution is -0.136. The van der Waals surface area contributed by atoms with Gasteiger partial charge in [-0.15, -0.1) is 0 Å². The number of rotatable bonds is 4. The van der Waals surface area contributed by atoms with Crippen LogP contribution in [0.3, 0.4) is 0 Å². The molecular formula is C18H18FN3O3S. The van der Waals surface area contributed by atoms with Crippen molar-refractivity contribution in [1.29, 1.82) is 0 Å². The number of carbonyl (C=O) groups excluding carboxylic acids is 1. The van der Waals surface area contributed by atoms with Crippen molar-refractivity contribution in [3.8, 4) is 0 Å². The molecule has 3 rings (SSSR count). The minimum Gasteiger partial charge on any atom is -0.466 e. The average Bonchev–Trinajstić information content (AvgIpc) is 2.60. The van der Waals surface area contributed by atoms with Crippen molar-refractivity contribution in [1.82, 2.24) is 9.97 Å². The first-order valence-electron chi connectivity index (χ1n) is 8.04. The number of fused-ring (bicyclic) bond motifs is 1. The molecule has 1 aromatic heterocycles. The quantitative estimate of drug-likeness (QED) is 0.485. The number of carbonyl (C=O) groups is 1. The number of benzene rings is 1. The summed E-state index contributed by atoms with van der Waals surface area (Å²) in [6.45, 7) is 3.66. The Labute approximate surface area is 153 Å². The molecule has 1 aliphatic heterocycles. The zero-order chi connectivity index (χ0) is 18.8. The predicted molar refractivity (Wildman–Crippen MR) is 97.8 cm³/mol. The van der Waals surface area contributed by atoms with E-state index in [0.717, 1.165) is 5.75 Å². The summed E-state index contributed by atoms with van der Waals surface area (Å²) >= 11 is 1.40. The molecule has 2 N–H and O–H groups in total. The molecule has 0 fully saturated rings. The minimum absolute atomic E-state index is 0.258. The number of anilines is 1. The molecule has 1 aliphatic rings. The van der Waals surface area contributed by atoms with Crippen molar-refractivity contribution in [2.24, 2.45) is 0 Å². The molecule has 1 unspecified atom stereocenters. The van der Waals surface area contributed by atoms with Gasteiger partial charge in [-0.2, -0.15) is 0 Å². The highest BCUT2D eigenvalue weighted by Crippen LogP contribution is 2.40. The Hall–Kier alpha value is -2.61. The number of nitrogens with one attached hydrogen (secondary N) is 2. The number of nitrogens with zero attached hydrogens (tertiary/aromatic N) is 1. The number of esters is 1. The van der Waals surface area contributed by atoms with Gasteiger partial charge in [0.05, 0.1) is 24.2 Å². The van der Waals surface area contributed by atoms with Crippen molar-refractivity contribution < 1.29 is 13.9 Å². The van der Waals surface area contributed by atoms with Crippen molar-refractivity contribution >= 4 is 23.5 Å². The number of hydrogen-bond acceptors (Lipinski definition) is 6. The lowest BCUT2D eigenvalue weighted by Crippen LogP contribution is -2.31. The number of allylic oxidation sites excluding steroid dienone is 1. The van der Waals surface area contributed by atoms with E-state index in [1.54, 1.807) is 19.1 Å². The fourth-order valence-electron chi connectivity index (χ4n) is 3.04. The second-order valence-corrected chi connectivity index (χ2v) is 6.96. The zero-order valence-corrected chi connectivity index (χ0v) is 15.4. The first kappa shape index (κ1) is 18.2. The van der Waals surface area contributed by atoms with Gasteiger partial charge in [-0.1, -0.05) is 30.8 Å². The SMILES string of the molecule is CCSc1nc2c(c(=O)[nH]1)C(c1cccc(F)c1)C(C(=O)OC)=C(C)N2. The third kappa shape index (κ3) is 3.24. The van der Waals surface area contributed by atoms with E-state index in [2.05, 4.69) is 15.3 Å². The van der Waals surface area contributed by atoms with E-state index in [9.17, 15) is 14.0 Å². The lowest BCUT2D eigenvalue weighted by atomic mass is 9.82. The second-order valence-electron chi connectivity index (χ2n) is 5.71. The van der Waals surface area contributed by atoms with E-state index in [-0.39, 0.29) is 16.7 Å². The van der Waals surface area contributed by atoms with E-state index in [0.29, 0.717) is 22.2 Å². The maximum atomic E-state index is 13.8. The first-order valence-corrected chi connectivity index (χ1v) is 9.03. The van der Waals surface area contributed by atoms with Crippen LogP contribution in [0.4, 0.5) is 10.2 Å². The fraction of sp³-hybridized carbons (Fsp3) is 0.278. The molecule has 0 bridgehead atoms. The molecule has 0 amide bonds. The number of H-pyrrole nitrogens is 1. The van der Waals surface area contributed by atoms with E-state index in [1.807, 2.05) is 6.92 Å². The monoisotopic (exact) mass is 375 g/mol. The molecule has 8 heteroatoms. The molecular weight excluding hydrogens is 357 g/mol. The van der Waals surface area contributed by atoms with Crippen molar-refractivity contribution in [2.45, 2.75) is 24.9 Å². The molecule has 0 aliphatic carbocycles. The van der Waals surface area contributed by atoms with Gasteiger partial charge in [0.25, 0.3) is 5.56 Å². The summed E-state index contributed by atoms with van der Waals surface area (Å²) in [4.78, 5) is 32.3. The van der Waals surface area contributed by atoms with Crippen LogP contribution in [0.25, 0.3) is 0 Å². The predicted octanol–water partition coefficient (Wildman–Crippen LogP) is 3.03. The maximum Gasteiger partial charge on any atom is 0.336 e. The zero-order valence-electron chi connectivity index (χ0n) is 14.6. The Bertz CT molecular complexity index is 955. The maximum absolute atomic E-state index is 13.8. The summed E-state index contributed by atoms with van der Waals surface area (Å²) in [5.41, 5.74) is 1.15. The molecule has 26 heavy (non-hydrogen) atoms. The summed E-state index contributed by atoms with van der Waals surface area (Å²) in [5, 5.41) is 3.50. The third-order valence-corrected chi connectivity index (χ3v) is 4.84.